The molecular weight excluding hydrogens is 382 g/mol. The zero-order valence-corrected chi connectivity index (χ0v) is 15.0. The first-order valence-corrected chi connectivity index (χ1v) is 8.54. The fraction of sp³-hybridized carbons (Fsp3) is 0.250. The SMILES string of the molecule is Cc1ccc(C(=O)N[C@@H](C)C(=O)O)cc1OCc1csc(Br)c1. The molecule has 1 amide bonds. The van der Waals surface area contributed by atoms with Crippen LogP contribution in [-0.4, -0.2) is 23.0 Å². The fourth-order valence-corrected chi connectivity index (χ4v) is 3.01. The Morgan fingerprint density at radius 3 is 2.74 bits per heavy atom. The molecule has 0 saturated carbocycles. The van der Waals surface area contributed by atoms with Gasteiger partial charge >= 0.3 is 5.97 Å². The molecule has 5 nitrogen and oxygen atoms in total. The van der Waals surface area contributed by atoms with Gasteiger partial charge in [0.25, 0.3) is 5.91 Å². The van der Waals surface area contributed by atoms with E-state index in [-0.39, 0.29) is 0 Å². The van der Waals surface area contributed by atoms with Gasteiger partial charge < -0.3 is 15.2 Å². The molecule has 0 radical (unpaired) electrons. The molecule has 0 saturated heterocycles. The van der Waals surface area contributed by atoms with Gasteiger partial charge in [-0.3, -0.25) is 9.59 Å². The van der Waals surface area contributed by atoms with E-state index in [4.69, 9.17) is 9.84 Å². The molecule has 0 aliphatic carbocycles. The smallest absolute Gasteiger partial charge is 0.325 e. The van der Waals surface area contributed by atoms with E-state index < -0.39 is 17.9 Å². The van der Waals surface area contributed by atoms with E-state index in [1.54, 1.807) is 29.5 Å². The predicted molar refractivity (Wildman–Crippen MR) is 92.1 cm³/mol. The predicted octanol–water partition coefficient (Wildman–Crippen LogP) is 3.60. The van der Waals surface area contributed by atoms with E-state index in [0.717, 1.165) is 14.9 Å². The highest BCUT2D eigenvalue weighted by atomic mass is 79.9. The van der Waals surface area contributed by atoms with Crippen LogP contribution in [0.5, 0.6) is 5.75 Å². The number of carbonyl (C=O) groups excluding carboxylic acids is 1. The largest absolute Gasteiger partial charge is 0.489 e. The lowest BCUT2D eigenvalue weighted by molar-refractivity contribution is -0.138. The van der Waals surface area contributed by atoms with Crippen molar-refractivity contribution in [3.63, 3.8) is 0 Å². The monoisotopic (exact) mass is 397 g/mol. The molecule has 7 heteroatoms. The summed E-state index contributed by atoms with van der Waals surface area (Å²) in [6.45, 7) is 3.71. The number of aliphatic carboxylic acids is 1. The lowest BCUT2D eigenvalue weighted by Crippen LogP contribution is -2.38. The number of benzene rings is 1. The second kappa shape index (κ2) is 7.61. The van der Waals surface area contributed by atoms with E-state index in [0.29, 0.717) is 17.9 Å². The Morgan fingerprint density at radius 1 is 1.39 bits per heavy atom. The van der Waals surface area contributed by atoms with Crippen molar-refractivity contribution in [3.8, 4) is 5.75 Å². The lowest BCUT2D eigenvalue weighted by Gasteiger charge is -2.12. The fourth-order valence-electron chi connectivity index (χ4n) is 1.82. The minimum atomic E-state index is -1.08. The van der Waals surface area contributed by atoms with E-state index in [2.05, 4.69) is 21.2 Å². The molecule has 122 valence electrons. The maximum absolute atomic E-state index is 12.1. The van der Waals surface area contributed by atoms with Crippen LogP contribution in [0.3, 0.4) is 0 Å². The van der Waals surface area contributed by atoms with Crippen molar-refractivity contribution >= 4 is 39.1 Å². The van der Waals surface area contributed by atoms with Gasteiger partial charge in [-0.2, -0.15) is 0 Å². The molecular formula is C16H16BrNO4S. The third kappa shape index (κ3) is 4.80. The summed E-state index contributed by atoms with van der Waals surface area (Å²) in [7, 11) is 0. The minimum Gasteiger partial charge on any atom is -0.489 e. The summed E-state index contributed by atoms with van der Waals surface area (Å²) in [6.07, 6.45) is 0. The zero-order valence-electron chi connectivity index (χ0n) is 12.6. The van der Waals surface area contributed by atoms with Gasteiger partial charge in [0.2, 0.25) is 0 Å². The summed E-state index contributed by atoms with van der Waals surface area (Å²) in [5.74, 6) is -0.920. The molecule has 2 aromatic rings. The van der Waals surface area contributed by atoms with Gasteiger partial charge in [0.1, 0.15) is 18.4 Å². The van der Waals surface area contributed by atoms with Crippen LogP contribution in [0.25, 0.3) is 0 Å². The number of ether oxygens (including phenoxy) is 1. The number of rotatable bonds is 6. The van der Waals surface area contributed by atoms with Gasteiger partial charge in [0, 0.05) is 11.1 Å². The van der Waals surface area contributed by atoms with Crippen molar-refractivity contribution in [2.75, 3.05) is 0 Å². The number of hydrogen-bond donors (Lipinski definition) is 2. The first-order chi connectivity index (χ1) is 10.9. The second-order valence-corrected chi connectivity index (χ2v) is 7.35. The molecule has 0 bridgehead atoms. The van der Waals surface area contributed by atoms with Gasteiger partial charge in [-0.05, 0) is 58.9 Å². The molecule has 0 aliphatic rings. The number of carboxylic acid groups (broad SMARTS) is 1. The van der Waals surface area contributed by atoms with Crippen LogP contribution in [0.2, 0.25) is 0 Å². The van der Waals surface area contributed by atoms with Crippen molar-refractivity contribution in [2.24, 2.45) is 0 Å². The van der Waals surface area contributed by atoms with E-state index >= 15 is 0 Å². The first kappa shape index (κ1) is 17.5. The molecule has 23 heavy (non-hydrogen) atoms. The summed E-state index contributed by atoms with van der Waals surface area (Å²) >= 11 is 4.98. The first-order valence-electron chi connectivity index (χ1n) is 6.87. The highest BCUT2D eigenvalue weighted by molar-refractivity contribution is 9.11. The maximum Gasteiger partial charge on any atom is 0.325 e. The van der Waals surface area contributed by atoms with E-state index in [9.17, 15) is 9.59 Å². The summed E-state index contributed by atoms with van der Waals surface area (Å²) in [6, 6.07) is 6.08. The highest BCUT2D eigenvalue weighted by Gasteiger charge is 2.16. The average molecular weight is 398 g/mol. The van der Waals surface area contributed by atoms with Crippen LogP contribution in [0.4, 0.5) is 0 Å². The number of thiophene rings is 1. The summed E-state index contributed by atoms with van der Waals surface area (Å²) in [5, 5.41) is 13.3. The van der Waals surface area contributed by atoms with Crippen LogP contribution in [0, 0.1) is 6.92 Å². The summed E-state index contributed by atoms with van der Waals surface area (Å²) < 4.78 is 6.80. The Hall–Kier alpha value is -1.86. The Labute approximate surface area is 146 Å². The van der Waals surface area contributed by atoms with E-state index in [1.165, 1.54) is 6.92 Å². The van der Waals surface area contributed by atoms with Gasteiger partial charge in [0.15, 0.2) is 0 Å². The number of aryl methyl sites for hydroxylation is 1. The molecule has 0 fully saturated rings. The molecule has 1 heterocycles. The third-order valence-corrected chi connectivity index (χ3v) is 4.74. The lowest BCUT2D eigenvalue weighted by atomic mass is 10.1. The van der Waals surface area contributed by atoms with Crippen molar-refractivity contribution in [1.82, 2.24) is 5.32 Å². The Kier molecular flexibility index (Phi) is 5.79. The molecule has 1 atom stereocenters. The van der Waals surface area contributed by atoms with Gasteiger partial charge in [-0.1, -0.05) is 6.07 Å². The number of halogens is 1. The Balaban J connectivity index is 2.08. The van der Waals surface area contributed by atoms with Crippen LogP contribution < -0.4 is 10.1 Å². The Morgan fingerprint density at radius 2 is 2.13 bits per heavy atom. The third-order valence-electron chi connectivity index (χ3n) is 3.18. The van der Waals surface area contributed by atoms with Gasteiger partial charge in [0.05, 0.1) is 3.79 Å². The standard InChI is InChI=1S/C16H16BrNO4S/c1-9-3-4-12(15(19)18-10(2)16(20)21)6-13(9)22-7-11-5-14(17)23-8-11/h3-6,8,10H,7H2,1-2H3,(H,18,19)(H,20,21)/t10-/m0/s1. The van der Waals surface area contributed by atoms with Crippen molar-refractivity contribution in [2.45, 2.75) is 26.5 Å². The van der Waals surface area contributed by atoms with Crippen molar-refractivity contribution in [1.29, 1.82) is 0 Å². The number of carbonyl (C=O) groups is 2. The summed E-state index contributed by atoms with van der Waals surface area (Å²) in [4.78, 5) is 22.9. The number of amides is 1. The van der Waals surface area contributed by atoms with Crippen LogP contribution in [-0.2, 0) is 11.4 Å². The minimum absolute atomic E-state index is 0.366. The van der Waals surface area contributed by atoms with Crippen LogP contribution in [0.1, 0.15) is 28.4 Å². The van der Waals surface area contributed by atoms with Crippen molar-refractivity contribution < 1.29 is 19.4 Å². The van der Waals surface area contributed by atoms with E-state index in [1.807, 2.05) is 18.4 Å². The molecule has 0 spiro atoms. The number of nitrogens with one attached hydrogen (secondary N) is 1. The number of carboxylic acids is 1. The van der Waals surface area contributed by atoms with Crippen LogP contribution >= 0.6 is 27.3 Å². The topological polar surface area (TPSA) is 75.6 Å². The normalized spacial score (nSPS) is 11.8. The average Bonchev–Trinajstić information content (AvgIpc) is 2.91. The van der Waals surface area contributed by atoms with Gasteiger partial charge in [-0.15, -0.1) is 11.3 Å². The van der Waals surface area contributed by atoms with Crippen LogP contribution in [0.15, 0.2) is 33.4 Å². The molecule has 1 aromatic carbocycles. The van der Waals surface area contributed by atoms with Crippen molar-refractivity contribution in [3.05, 3.63) is 50.1 Å². The maximum atomic E-state index is 12.1. The molecule has 1 aromatic heterocycles. The molecule has 2 rings (SSSR count). The number of hydrogen-bond acceptors (Lipinski definition) is 4. The second-order valence-electron chi connectivity index (χ2n) is 5.06. The Bertz CT molecular complexity index is 729. The summed E-state index contributed by atoms with van der Waals surface area (Å²) in [5.41, 5.74) is 2.31. The quantitative estimate of drug-likeness (QED) is 0.780. The molecule has 2 N–H and O–H groups in total. The molecule has 0 unspecified atom stereocenters. The zero-order chi connectivity index (χ0) is 17.0. The van der Waals surface area contributed by atoms with Gasteiger partial charge in [-0.25, -0.2) is 0 Å². The highest BCUT2D eigenvalue weighted by Crippen LogP contribution is 2.24. The molecule has 0 aliphatic heterocycles.